The predicted octanol–water partition coefficient (Wildman–Crippen LogP) is 1.58. The van der Waals surface area contributed by atoms with Gasteiger partial charge in [-0.15, -0.1) is 0 Å². The van der Waals surface area contributed by atoms with Gasteiger partial charge in [0, 0.05) is 12.6 Å². The Labute approximate surface area is 120 Å². The SMILES string of the molecule is NCC1CCCN(C2CCS(=O)(=O)c3ccccc32)C1. The molecule has 2 atom stereocenters. The van der Waals surface area contributed by atoms with Crippen molar-refractivity contribution >= 4 is 9.84 Å². The quantitative estimate of drug-likeness (QED) is 0.899. The lowest BCUT2D eigenvalue weighted by atomic mass is 9.93. The van der Waals surface area contributed by atoms with E-state index in [0.717, 1.165) is 31.6 Å². The number of sulfone groups is 1. The topological polar surface area (TPSA) is 63.4 Å². The van der Waals surface area contributed by atoms with Crippen molar-refractivity contribution in [2.75, 3.05) is 25.4 Å². The van der Waals surface area contributed by atoms with Crippen LogP contribution in [0.5, 0.6) is 0 Å². The Morgan fingerprint density at radius 1 is 1.25 bits per heavy atom. The molecular weight excluding hydrogens is 272 g/mol. The lowest BCUT2D eigenvalue weighted by Crippen LogP contribution is -2.42. The van der Waals surface area contributed by atoms with E-state index < -0.39 is 9.84 Å². The van der Waals surface area contributed by atoms with Crippen molar-refractivity contribution in [1.82, 2.24) is 4.90 Å². The van der Waals surface area contributed by atoms with E-state index >= 15 is 0 Å². The fourth-order valence-electron chi connectivity index (χ4n) is 3.52. The third-order valence-corrected chi connectivity index (χ3v) is 6.41. The summed E-state index contributed by atoms with van der Waals surface area (Å²) in [5.41, 5.74) is 6.79. The van der Waals surface area contributed by atoms with Gasteiger partial charge in [-0.05, 0) is 49.9 Å². The van der Waals surface area contributed by atoms with Crippen LogP contribution in [0.1, 0.15) is 30.9 Å². The molecule has 3 rings (SSSR count). The molecule has 2 aliphatic heterocycles. The molecule has 0 saturated carbocycles. The Morgan fingerprint density at radius 2 is 2.05 bits per heavy atom. The highest BCUT2D eigenvalue weighted by molar-refractivity contribution is 7.91. The molecule has 0 spiro atoms. The summed E-state index contributed by atoms with van der Waals surface area (Å²) in [6, 6.07) is 7.72. The second-order valence-electron chi connectivity index (χ2n) is 5.90. The van der Waals surface area contributed by atoms with Crippen LogP contribution in [0.4, 0.5) is 0 Å². The van der Waals surface area contributed by atoms with Gasteiger partial charge < -0.3 is 5.73 Å². The van der Waals surface area contributed by atoms with E-state index in [1.807, 2.05) is 18.2 Å². The number of piperidine rings is 1. The van der Waals surface area contributed by atoms with Crippen LogP contribution >= 0.6 is 0 Å². The monoisotopic (exact) mass is 294 g/mol. The maximum atomic E-state index is 12.2. The highest BCUT2D eigenvalue weighted by atomic mass is 32.2. The molecule has 4 nitrogen and oxygen atoms in total. The Hall–Kier alpha value is -0.910. The summed E-state index contributed by atoms with van der Waals surface area (Å²) in [4.78, 5) is 2.97. The lowest BCUT2D eigenvalue weighted by Gasteiger charge is -2.40. The average Bonchev–Trinajstić information content (AvgIpc) is 2.47. The minimum atomic E-state index is -3.08. The van der Waals surface area contributed by atoms with E-state index in [2.05, 4.69) is 4.90 Å². The predicted molar refractivity (Wildman–Crippen MR) is 79.2 cm³/mol. The van der Waals surface area contributed by atoms with Crippen LogP contribution in [0, 0.1) is 5.92 Å². The summed E-state index contributed by atoms with van der Waals surface area (Å²) < 4.78 is 24.4. The smallest absolute Gasteiger partial charge is 0.178 e. The van der Waals surface area contributed by atoms with Gasteiger partial charge in [0.15, 0.2) is 9.84 Å². The van der Waals surface area contributed by atoms with Gasteiger partial charge in [0.1, 0.15) is 0 Å². The van der Waals surface area contributed by atoms with Crippen molar-refractivity contribution < 1.29 is 8.42 Å². The Morgan fingerprint density at radius 3 is 2.85 bits per heavy atom. The Balaban J connectivity index is 1.92. The number of hydrogen-bond acceptors (Lipinski definition) is 4. The molecule has 0 bridgehead atoms. The zero-order chi connectivity index (χ0) is 14.2. The summed E-state index contributed by atoms with van der Waals surface area (Å²) in [5.74, 6) is 0.813. The molecule has 2 N–H and O–H groups in total. The second-order valence-corrected chi connectivity index (χ2v) is 7.98. The second kappa shape index (κ2) is 5.47. The standard InChI is InChI=1S/C15H22N2O2S/c16-10-12-4-3-8-17(11-12)14-7-9-20(18,19)15-6-2-1-5-13(14)15/h1-2,5-6,12,14H,3-4,7-11,16H2. The zero-order valence-electron chi connectivity index (χ0n) is 11.7. The fourth-order valence-corrected chi connectivity index (χ4v) is 5.13. The fraction of sp³-hybridized carbons (Fsp3) is 0.600. The van der Waals surface area contributed by atoms with Gasteiger partial charge in [0.25, 0.3) is 0 Å². The molecule has 1 aromatic carbocycles. The van der Waals surface area contributed by atoms with Crippen LogP contribution in [0.2, 0.25) is 0 Å². The van der Waals surface area contributed by atoms with Crippen molar-refractivity contribution in [3.8, 4) is 0 Å². The van der Waals surface area contributed by atoms with Crippen molar-refractivity contribution in [2.24, 2.45) is 11.7 Å². The summed E-state index contributed by atoms with van der Waals surface area (Å²) in [5, 5.41) is 0. The first kappa shape index (κ1) is 14.0. The minimum Gasteiger partial charge on any atom is -0.330 e. The van der Waals surface area contributed by atoms with Gasteiger partial charge in [-0.2, -0.15) is 0 Å². The molecule has 2 unspecified atom stereocenters. The zero-order valence-corrected chi connectivity index (χ0v) is 12.5. The third kappa shape index (κ3) is 2.50. The number of rotatable bonds is 2. The van der Waals surface area contributed by atoms with Crippen LogP contribution in [0.25, 0.3) is 0 Å². The first-order valence-corrected chi connectivity index (χ1v) is 9.03. The number of nitrogens with zero attached hydrogens (tertiary/aromatic N) is 1. The molecular formula is C15H22N2O2S. The summed E-state index contributed by atoms with van der Waals surface area (Å²) in [6.45, 7) is 2.77. The molecule has 0 aromatic heterocycles. The summed E-state index contributed by atoms with van der Waals surface area (Å²) in [6.07, 6.45) is 3.06. The van der Waals surface area contributed by atoms with Crippen LogP contribution in [0.15, 0.2) is 29.2 Å². The van der Waals surface area contributed by atoms with Crippen LogP contribution in [-0.2, 0) is 9.84 Å². The Bertz CT molecular complexity index is 585. The number of hydrogen-bond donors (Lipinski definition) is 1. The number of benzene rings is 1. The van der Waals surface area contributed by atoms with E-state index in [9.17, 15) is 8.42 Å². The number of fused-ring (bicyclic) bond motifs is 1. The normalized spacial score (nSPS) is 29.9. The first-order valence-electron chi connectivity index (χ1n) is 7.37. The van der Waals surface area contributed by atoms with E-state index in [4.69, 9.17) is 5.73 Å². The van der Waals surface area contributed by atoms with E-state index in [1.54, 1.807) is 6.07 Å². The summed E-state index contributed by atoms with van der Waals surface area (Å²) in [7, 11) is -3.08. The number of likely N-dealkylation sites (tertiary alicyclic amines) is 1. The van der Waals surface area contributed by atoms with Crippen LogP contribution in [0.3, 0.4) is 0 Å². The molecule has 1 saturated heterocycles. The Kier molecular flexibility index (Phi) is 3.84. The molecule has 5 heteroatoms. The van der Waals surface area contributed by atoms with Gasteiger partial charge in [-0.1, -0.05) is 18.2 Å². The molecule has 1 fully saturated rings. The molecule has 2 aliphatic rings. The van der Waals surface area contributed by atoms with E-state index in [1.165, 1.54) is 6.42 Å². The number of nitrogens with two attached hydrogens (primary N) is 1. The van der Waals surface area contributed by atoms with Crippen LogP contribution < -0.4 is 5.73 Å². The third-order valence-electron chi connectivity index (χ3n) is 4.60. The summed E-state index contributed by atoms with van der Waals surface area (Å²) >= 11 is 0. The molecule has 0 amide bonds. The molecule has 110 valence electrons. The van der Waals surface area contributed by atoms with E-state index in [-0.39, 0.29) is 11.8 Å². The highest BCUT2D eigenvalue weighted by Crippen LogP contribution is 2.37. The molecule has 0 aliphatic carbocycles. The van der Waals surface area contributed by atoms with Crippen LogP contribution in [-0.4, -0.2) is 38.7 Å². The largest absolute Gasteiger partial charge is 0.330 e. The first-order chi connectivity index (χ1) is 9.62. The van der Waals surface area contributed by atoms with Gasteiger partial charge in [0.05, 0.1) is 10.6 Å². The maximum Gasteiger partial charge on any atom is 0.178 e. The molecule has 20 heavy (non-hydrogen) atoms. The van der Waals surface area contributed by atoms with Gasteiger partial charge in [-0.3, -0.25) is 4.90 Å². The maximum absolute atomic E-state index is 12.2. The molecule has 2 heterocycles. The molecule has 0 radical (unpaired) electrons. The molecule has 1 aromatic rings. The minimum absolute atomic E-state index is 0.240. The van der Waals surface area contributed by atoms with Crippen molar-refractivity contribution in [1.29, 1.82) is 0 Å². The van der Waals surface area contributed by atoms with Gasteiger partial charge in [-0.25, -0.2) is 8.42 Å². The average molecular weight is 294 g/mol. The van der Waals surface area contributed by atoms with Crippen molar-refractivity contribution in [2.45, 2.75) is 30.2 Å². The highest BCUT2D eigenvalue weighted by Gasteiger charge is 2.34. The lowest BCUT2D eigenvalue weighted by molar-refractivity contribution is 0.120. The van der Waals surface area contributed by atoms with Crippen molar-refractivity contribution in [3.05, 3.63) is 29.8 Å². The van der Waals surface area contributed by atoms with Gasteiger partial charge >= 0.3 is 0 Å². The van der Waals surface area contributed by atoms with Crippen molar-refractivity contribution in [3.63, 3.8) is 0 Å². The van der Waals surface area contributed by atoms with E-state index in [0.29, 0.717) is 17.2 Å². The van der Waals surface area contributed by atoms with Gasteiger partial charge in [0.2, 0.25) is 0 Å².